The van der Waals surface area contributed by atoms with E-state index < -0.39 is 0 Å². The van der Waals surface area contributed by atoms with Crippen LogP contribution in [-0.2, 0) is 16.0 Å². The van der Waals surface area contributed by atoms with Crippen LogP contribution in [0.15, 0.2) is 0 Å². The largest absolute Gasteiger partial charge is 0.395 e. The molecule has 1 aromatic rings. The number of aliphatic hydroxyl groups is 1. The molecule has 0 spiro atoms. The first-order chi connectivity index (χ1) is 12.9. The molecular formula is C17H30N6O3. The molecule has 146 valence electrons. The smallest absolute Gasteiger partial charge is 0.168 e. The molecule has 0 bridgehead atoms. The zero-order valence-corrected chi connectivity index (χ0v) is 15.4. The van der Waals surface area contributed by atoms with Gasteiger partial charge < -0.3 is 14.6 Å². The average Bonchev–Trinajstić information content (AvgIpc) is 3.34. The van der Waals surface area contributed by atoms with Crippen molar-refractivity contribution in [2.75, 3.05) is 52.7 Å². The van der Waals surface area contributed by atoms with E-state index in [1.807, 2.05) is 4.68 Å². The van der Waals surface area contributed by atoms with Crippen LogP contribution in [0.1, 0.15) is 37.5 Å². The van der Waals surface area contributed by atoms with Crippen molar-refractivity contribution in [1.29, 1.82) is 0 Å². The van der Waals surface area contributed by atoms with Crippen LogP contribution in [0.25, 0.3) is 0 Å². The lowest BCUT2D eigenvalue weighted by molar-refractivity contribution is 0.000392. The van der Waals surface area contributed by atoms with Crippen molar-refractivity contribution in [3.05, 3.63) is 5.82 Å². The Morgan fingerprint density at radius 3 is 2.50 bits per heavy atom. The van der Waals surface area contributed by atoms with Crippen LogP contribution in [0.4, 0.5) is 0 Å². The van der Waals surface area contributed by atoms with E-state index in [-0.39, 0.29) is 18.7 Å². The van der Waals surface area contributed by atoms with E-state index in [1.54, 1.807) is 0 Å². The molecule has 3 aliphatic rings. The van der Waals surface area contributed by atoms with Gasteiger partial charge in [-0.1, -0.05) is 0 Å². The van der Waals surface area contributed by atoms with E-state index in [2.05, 4.69) is 25.3 Å². The van der Waals surface area contributed by atoms with Gasteiger partial charge >= 0.3 is 0 Å². The van der Waals surface area contributed by atoms with E-state index in [0.29, 0.717) is 6.04 Å². The van der Waals surface area contributed by atoms with Crippen molar-refractivity contribution in [1.82, 2.24) is 30.0 Å². The Kier molecular flexibility index (Phi) is 6.11. The molecule has 4 heterocycles. The zero-order chi connectivity index (χ0) is 17.8. The molecular weight excluding hydrogens is 336 g/mol. The molecule has 9 nitrogen and oxygen atoms in total. The van der Waals surface area contributed by atoms with Crippen molar-refractivity contribution < 1.29 is 14.6 Å². The first kappa shape index (κ1) is 18.2. The number of aromatic nitrogens is 4. The van der Waals surface area contributed by atoms with Gasteiger partial charge in [-0.15, -0.1) is 5.10 Å². The lowest BCUT2D eigenvalue weighted by atomic mass is 10.0. The molecule has 1 N–H and O–H groups in total. The minimum absolute atomic E-state index is 0.190. The third-order valence-corrected chi connectivity index (χ3v) is 5.97. The fourth-order valence-electron chi connectivity index (χ4n) is 4.56. The summed E-state index contributed by atoms with van der Waals surface area (Å²) in [5, 5.41) is 22.5. The maximum Gasteiger partial charge on any atom is 0.168 e. The van der Waals surface area contributed by atoms with Crippen molar-refractivity contribution in [3.63, 3.8) is 0 Å². The molecule has 0 radical (unpaired) electrons. The molecule has 0 amide bonds. The lowest BCUT2D eigenvalue weighted by Crippen LogP contribution is -2.45. The topological polar surface area (TPSA) is 88.8 Å². The van der Waals surface area contributed by atoms with Crippen LogP contribution in [0.5, 0.6) is 0 Å². The van der Waals surface area contributed by atoms with Crippen LogP contribution in [-0.4, -0.2) is 99.9 Å². The number of rotatable bonds is 6. The summed E-state index contributed by atoms with van der Waals surface area (Å²) in [5.74, 6) is 0.945. The summed E-state index contributed by atoms with van der Waals surface area (Å²) in [6.07, 6.45) is 4.03. The molecule has 2 atom stereocenters. The van der Waals surface area contributed by atoms with E-state index in [1.165, 1.54) is 0 Å². The summed E-state index contributed by atoms with van der Waals surface area (Å²) < 4.78 is 12.9. The Balaban J connectivity index is 1.46. The summed E-state index contributed by atoms with van der Waals surface area (Å²) in [5.41, 5.74) is 0. The summed E-state index contributed by atoms with van der Waals surface area (Å²) in [6.45, 7) is 7.09. The van der Waals surface area contributed by atoms with Crippen LogP contribution in [0.3, 0.4) is 0 Å². The molecule has 3 aliphatic heterocycles. The van der Waals surface area contributed by atoms with Gasteiger partial charge in [0.25, 0.3) is 0 Å². The number of tetrazole rings is 1. The molecule has 1 aromatic heterocycles. The number of nitrogens with zero attached hydrogens (tertiary/aromatic N) is 6. The van der Waals surface area contributed by atoms with Crippen LogP contribution >= 0.6 is 0 Å². The van der Waals surface area contributed by atoms with Gasteiger partial charge in [-0.25, -0.2) is 4.68 Å². The fourth-order valence-corrected chi connectivity index (χ4v) is 4.56. The first-order valence-corrected chi connectivity index (χ1v) is 9.89. The van der Waals surface area contributed by atoms with Gasteiger partial charge in [0.1, 0.15) is 0 Å². The number of morpholine rings is 1. The average molecular weight is 366 g/mol. The summed E-state index contributed by atoms with van der Waals surface area (Å²) in [6, 6.07) is 0.834. The summed E-state index contributed by atoms with van der Waals surface area (Å²) in [4.78, 5) is 4.87. The molecule has 3 saturated heterocycles. The van der Waals surface area contributed by atoms with Crippen molar-refractivity contribution >= 4 is 0 Å². The van der Waals surface area contributed by atoms with Gasteiger partial charge in [-0.2, -0.15) is 0 Å². The van der Waals surface area contributed by atoms with Gasteiger partial charge in [0, 0.05) is 44.9 Å². The standard InChI is InChI=1S/C17H30N6O3/c24-13-15-1-2-16(23(15)14-3-9-25-10-4-14)17-18-19-20-22(17)6-5-21-7-11-26-12-8-21/h14-16,24H,1-13H2/t15-,16-/m0/s1. The predicted octanol–water partition coefficient (Wildman–Crippen LogP) is -0.318. The van der Waals surface area contributed by atoms with Crippen LogP contribution in [0.2, 0.25) is 0 Å². The quantitative estimate of drug-likeness (QED) is 0.733. The highest BCUT2D eigenvalue weighted by molar-refractivity contribution is 5.02. The summed E-state index contributed by atoms with van der Waals surface area (Å²) >= 11 is 0. The molecule has 0 aromatic carbocycles. The van der Waals surface area contributed by atoms with Crippen molar-refractivity contribution in [2.24, 2.45) is 0 Å². The molecule has 3 fully saturated rings. The number of ether oxygens (including phenoxy) is 2. The maximum atomic E-state index is 9.88. The third kappa shape index (κ3) is 3.91. The monoisotopic (exact) mass is 366 g/mol. The highest BCUT2D eigenvalue weighted by atomic mass is 16.5. The Bertz CT molecular complexity index is 558. The molecule has 4 rings (SSSR count). The fraction of sp³-hybridized carbons (Fsp3) is 0.941. The normalized spacial score (nSPS) is 29.4. The van der Waals surface area contributed by atoms with Crippen molar-refractivity contribution in [3.8, 4) is 0 Å². The highest BCUT2D eigenvalue weighted by Gasteiger charge is 2.41. The Hall–Kier alpha value is -1.13. The zero-order valence-electron chi connectivity index (χ0n) is 15.4. The summed E-state index contributed by atoms with van der Waals surface area (Å²) in [7, 11) is 0. The third-order valence-electron chi connectivity index (χ3n) is 5.97. The van der Waals surface area contributed by atoms with Gasteiger partial charge in [-0.05, 0) is 36.1 Å². The number of hydrogen-bond donors (Lipinski definition) is 1. The Labute approximate surface area is 154 Å². The molecule has 0 saturated carbocycles. The second-order valence-corrected chi connectivity index (χ2v) is 7.43. The first-order valence-electron chi connectivity index (χ1n) is 9.89. The Morgan fingerprint density at radius 1 is 0.962 bits per heavy atom. The predicted molar refractivity (Wildman–Crippen MR) is 93.6 cm³/mol. The number of aliphatic hydroxyl groups excluding tert-OH is 1. The molecule has 9 heteroatoms. The van der Waals surface area contributed by atoms with E-state index in [9.17, 15) is 5.11 Å². The van der Waals surface area contributed by atoms with E-state index in [0.717, 1.165) is 84.1 Å². The molecule has 26 heavy (non-hydrogen) atoms. The van der Waals surface area contributed by atoms with E-state index >= 15 is 0 Å². The van der Waals surface area contributed by atoms with Gasteiger partial charge in [-0.3, -0.25) is 9.80 Å². The van der Waals surface area contributed by atoms with Gasteiger partial charge in [0.15, 0.2) is 5.82 Å². The van der Waals surface area contributed by atoms with Gasteiger partial charge in [0.05, 0.1) is 32.4 Å². The maximum absolute atomic E-state index is 9.88. The Morgan fingerprint density at radius 2 is 1.73 bits per heavy atom. The van der Waals surface area contributed by atoms with Crippen molar-refractivity contribution in [2.45, 2.75) is 50.4 Å². The van der Waals surface area contributed by atoms with Gasteiger partial charge in [0.2, 0.25) is 0 Å². The van der Waals surface area contributed by atoms with Crippen LogP contribution in [0, 0.1) is 0 Å². The number of likely N-dealkylation sites (tertiary alicyclic amines) is 1. The lowest BCUT2D eigenvalue weighted by Gasteiger charge is -2.38. The second-order valence-electron chi connectivity index (χ2n) is 7.43. The minimum atomic E-state index is 0.190. The second kappa shape index (κ2) is 8.71. The van der Waals surface area contributed by atoms with Crippen LogP contribution < -0.4 is 0 Å². The molecule has 0 unspecified atom stereocenters. The molecule has 0 aliphatic carbocycles. The van der Waals surface area contributed by atoms with E-state index in [4.69, 9.17) is 9.47 Å². The number of hydrogen-bond acceptors (Lipinski definition) is 8. The minimum Gasteiger partial charge on any atom is -0.395 e. The highest BCUT2D eigenvalue weighted by Crippen LogP contribution is 2.38. The SMILES string of the molecule is OC[C@@H]1CC[C@@H](c2nnnn2CCN2CCOCC2)N1C1CCOCC1.